The number of fused-ring (bicyclic) bond motifs is 1. The smallest absolute Gasteiger partial charge is 0.273 e. The number of nitrogens with one attached hydrogen (secondary N) is 1. The Bertz CT molecular complexity index is 2080. The third-order valence-corrected chi connectivity index (χ3v) is 9.23. The van der Waals surface area contributed by atoms with Crippen molar-refractivity contribution in [1.82, 2.24) is 5.43 Å². The molecular formula is C38H31N3O4S. The van der Waals surface area contributed by atoms with Gasteiger partial charge in [0.25, 0.3) is 15.9 Å². The van der Waals surface area contributed by atoms with E-state index in [1.807, 2.05) is 72.8 Å². The van der Waals surface area contributed by atoms with Crippen LogP contribution in [0.2, 0.25) is 0 Å². The van der Waals surface area contributed by atoms with E-state index < -0.39 is 15.9 Å². The zero-order chi connectivity index (χ0) is 31.8. The number of sulfonamides is 1. The molecule has 0 unspecified atom stereocenters. The van der Waals surface area contributed by atoms with Gasteiger partial charge in [0, 0.05) is 0 Å². The van der Waals surface area contributed by atoms with E-state index in [4.69, 9.17) is 4.74 Å². The Labute approximate surface area is 268 Å². The van der Waals surface area contributed by atoms with Gasteiger partial charge in [-0.3, -0.25) is 9.10 Å². The Morgan fingerprint density at radius 1 is 0.717 bits per heavy atom. The quantitative estimate of drug-likeness (QED) is 0.119. The van der Waals surface area contributed by atoms with Crippen molar-refractivity contribution in [2.75, 3.05) is 4.31 Å². The average Bonchev–Trinajstić information content (AvgIpc) is 3.11. The molecule has 0 aliphatic heterocycles. The fourth-order valence-electron chi connectivity index (χ4n) is 5.11. The largest absolute Gasteiger partial charge is 0.489 e. The van der Waals surface area contributed by atoms with E-state index >= 15 is 0 Å². The molecule has 6 aromatic rings. The lowest BCUT2D eigenvalue weighted by Gasteiger charge is -2.26. The number of nitrogens with zero attached hydrogens (tertiary/aromatic N) is 2. The van der Waals surface area contributed by atoms with Crippen LogP contribution >= 0.6 is 0 Å². The molecule has 8 heteroatoms. The molecule has 1 amide bonds. The number of anilines is 1. The SMILES string of the molecule is O=C(N/N=C\c1ccc(OCc2cccc3ccccc23)cc1)c1ccccc1N(Cc1ccccc1)S(=O)(=O)c1ccccc1. The summed E-state index contributed by atoms with van der Waals surface area (Å²) in [6.45, 7) is 0.478. The second-order valence-corrected chi connectivity index (χ2v) is 12.4. The van der Waals surface area contributed by atoms with Gasteiger partial charge in [-0.05, 0) is 76.0 Å². The lowest BCUT2D eigenvalue weighted by molar-refractivity contribution is 0.0955. The number of benzene rings is 6. The second kappa shape index (κ2) is 13.9. The van der Waals surface area contributed by atoms with Gasteiger partial charge in [0.1, 0.15) is 12.4 Å². The summed E-state index contributed by atoms with van der Waals surface area (Å²) in [5.41, 5.74) is 5.61. The van der Waals surface area contributed by atoms with Gasteiger partial charge in [0.05, 0.1) is 28.9 Å². The van der Waals surface area contributed by atoms with Crippen LogP contribution in [-0.4, -0.2) is 20.5 Å². The van der Waals surface area contributed by atoms with Gasteiger partial charge in [-0.15, -0.1) is 0 Å². The molecule has 6 aromatic carbocycles. The third kappa shape index (κ3) is 6.98. The van der Waals surface area contributed by atoms with E-state index in [0.29, 0.717) is 12.4 Å². The highest BCUT2D eigenvalue weighted by atomic mass is 32.2. The van der Waals surface area contributed by atoms with Crippen molar-refractivity contribution in [2.45, 2.75) is 18.0 Å². The summed E-state index contributed by atoms with van der Waals surface area (Å²) in [4.78, 5) is 13.5. The van der Waals surface area contributed by atoms with Gasteiger partial charge in [-0.1, -0.05) is 103 Å². The molecule has 0 saturated heterocycles. The van der Waals surface area contributed by atoms with Gasteiger partial charge >= 0.3 is 0 Å². The molecule has 1 N–H and O–H groups in total. The minimum Gasteiger partial charge on any atom is -0.489 e. The Morgan fingerprint density at radius 2 is 1.37 bits per heavy atom. The number of ether oxygens (including phenoxy) is 1. The first-order chi connectivity index (χ1) is 22.5. The Hall–Kier alpha value is -5.73. The number of hydrogen-bond acceptors (Lipinski definition) is 5. The number of hydrogen-bond donors (Lipinski definition) is 1. The van der Waals surface area contributed by atoms with Crippen molar-refractivity contribution in [3.05, 3.63) is 174 Å². The lowest BCUT2D eigenvalue weighted by atomic mass is 10.1. The average molecular weight is 626 g/mol. The Balaban J connectivity index is 1.16. The summed E-state index contributed by atoms with van der Waals surface area (Å²) < 4.78 is 35.0. The van der Waals surface area contributed by atoms with Gasteiger partial charge in [0.15, 0.2) is 0 Å². The van der Waals surface area contributed by atoms with Crippen LogP contribution in [0.3, 0.4) is 0 Å². The summed E-state index contributed by atoms with van der Waals surface area (Å²) in [7, 11) is -4.01. The van der Waals surface area contributed by atoms with E-state index in [0.717, 1.165) is 22.1 Å². The highest BCUT2D eigenvalue weighted by molar-refractivity contribution is 7.92. The minimum absolute atomic E-state index is 0.0422. The minimum atomic E-state index is -4.01. The van der Waals surface area contributed by atoms with Gasteiger partial charge in [0.2, 0.25) is 0 Å². The first-order valence-electron chi connectivity index (χ1n) is 14.7. The van der Waals surface area contributed by atoms with Crippen molar-refractivity contribution in [2.24, 2.45) is 5.10 Å². The Kier molecular flexibility index (Phi) is 9.17. The number of carbonyl (C=O) groups excluding carboxylic acids is 1. The molecule has 0 bridgehead atoms. The number of rotatable bonds is 11. The van der Waals surface area contributed by atoms with Gasteiger partial charge < -0.3 is 4.74 Å². The molecule has 0 aromatic heterocycles. The van der Waals surface area contributed by atoms with Crippen LogP contribution in [0.15, 0.2) is 162 Å². The van der Waals surface area contributed by atoms with Crippen LogP contribution in [0.25, 0.3) is 10.8 Å². The molecule has 0 fully saturated rings. The van der Waals surface area contributed by atoms with Gasteiger partial charge in [-0.25, -0.2) is 13.8 Å². The number of amides is 1. The van der Waals surface area contributed by atoms with Crippen molar-refractivity contribution >= 4 is 38.6 Å². The van der Waals surface area contributed by atoms with E-state index in [9.17, 15) is 13.2 Å². The summed E-state index contributed by atoms with van der Waals surface area (Å²) >= 11 is 0. The molecule has 0 aliphatic carbocycles. The molecule has 0 saturated carbocycles. The predicted octanol–water partition coefficient (Wildman–Crippen LogP) is 7.58. The topological polar surface area (TPSA) is 88.1 Å². The number of carbonyl (C=O) groups is 1. The van der Waals surface area contributed by atoms with Crippen molar-refractivity contribution in [3.8, 4) is 5.75 Å². The van der Waals surface area contributed by atoms with E-state index in [1.54, 1.807) is 54.6 Å². The van der Waals surface area contributed by atoms with Crippen LogP contribution in [0.1, 0.15) is 27.0 Å². The first-order valence-corrected chi connectivity index (χ1v) is 16.2. The van der Waals surface area contributed by atoms with Crippen LogP contribution in [0, 0.1) is 0 Å². The molecular weight excluding hydrogens is 595 g/mol. The molecule has 0 aliphatic rings. The second-order valence-electron chi connectivity index (χ2n) is 10.5. The predicted molar refractivity (Wildman–Crippen MR) is 182 cm³/mol. The van der Waals surface area contributed by atoms with Gasteiger partial charge in [-0.2, -0.15) is 5.10 Å². The molecule has 0 atom stereocenters. The van der Waals surface area contributed by atoms with Crippen molar-refractivity contribution in [3.63, 3.8) is 0 Å². The number of hydrazone groups is 1. The number of para-hydroxylation sites is 1. The molecule has 0 spiro atoms. The van der Waals surface area contributed by atoms with Crippen LogP contribution in [-0.2, 0) is 23.2 Å². The van der Waals surface area contributed by atoms with Crippen molar-refractivity contribution < 1.29 is 17.9 Å². The molecule has 228 valence electrons. The van der Waals surface area contributed by atoms with Crippen LogP contribution < -0.4 is 14.5 Å². The van der Waals surface area contributed by atoms with Crippen LogP contribution in [0.5, 0.6) is 5.75 Å². The molecule has 0 radical (unpaired) electrons. The Morgan fingerprint density at radius 3 is 2.15 bits per heavy atom. The highest BCUT2D eigenvalue weighted by Gasteiger charge is 2.28. The fraction of sp³-hybridized carbons (Fsp3) is 0.0526. The zero-order valence-corrected chi connectivity index (χ0v) is 25.7. The standard InChI is InChI=1S/C38H31N3O4S/c42-38(40-39-26-29-22-24-33(25-23-29)45-28-32-16-11-15-31-14-7-8-19-35(31)32)36-20-9-10-21-37(36)41(27-30-12-3-1-4-13-30)46(43,44)34-17-5-2-6-18-34/h1-26H,27-28H2,(H,40,42)/b39-26-. The molecule has 7 nitrogen and oxygen atoms in total. The first kappa shape index (κ1) is 30.3. The molecule has 46 heavy (non-hydrogen) atoms. The maximum Gasteiger partial charge on any atom is 0.273 e. The summed E-state index contributed by atoms with van der Waals surface area (Å²) in [5.74, 6) is 0.171. The molecule has 6 rings (SSSR count). The van der Waals surface area contributed by atoms with Crippen molar-refractivity contribution in [1.29, 1.82) is 0 Å². The van der Waals surface area contributed by atoms with E-state index in [-0.39, 0.29) is 22.7 Å². The normalized spacial score (nSPS) is 11.4. The van der Waals surface area contributed by atoms with E-state index in [2.05, 4.69) is 34.8 Å². The summed E-state index contributed by atoms with van der Waals surface area (Å²) in [5, 5.41) is 6.47. The zero-order valence-electron chi connectivity index (χ0n) is 24.9. The third-order valence-electron chi connectivity index (χ3n) is 7.45. The maximum absolute atomic E-state index is 13.9. The maximum atomic E-state index is 13.9. The monoisotopic (exact) mass is 625 g/mol. The van der Waals surface area contributed by atoms with Crippen LogP contribution in [0.4, 0.5) is 5.69 Å². The fourth-order valence-corrected chi connectivity index (χ4v) is 6.60. The summed E-state index contributed by atoms with van der Waals surface area (Å²) in [6, 6.07) is 45.8. The highest BCUT2D eigenvalue weighted by Crippen LogP contribution is 2.29. The molecule has 0 heterocycles. The summed E-state index contributed by atoms with van der Waals surface area (Å²) in [6.07, 6.45) is 1.53. The lowest BCUT2D eigenvalue weighted by Crippen LogP contribution is -2.33. The van der Waals surface area contributed by atoms with E-state index in [1.165, 1.54) is 15.9 Å².